The van der Waals surface area contributed by atoms with Gasteiger partial charge in [0.15, 0.2) is 0 Å². The summed E-state index contributed by atoms with van der Waals surface area (Å²) in [7, 11) is 0. The van der Waals surface area contributed by atoms with Crippen LogP contribution in [0, 0.1) is 11.8 Å². The monoisotopic (exact) mass is 276 g/mol. The first kappa shape index (κ1) is 15.1. The fourth-order valence-electron chi connectivity index (χ4n) is 3.25. The van der Waals surface area contributed by atoms with Crippen LogP contribution < -0.4 is 10.6 Å². The van der Waals surface area contributed by atoms with Crippen LogP contribution in [0.3, 0.4) is 0 Å². The second-order valence-corrected chi connectivity index (χ2v) is 6.08. The Morgan fingerprint density at radius 1 is 1.15 bits per heavy atom. The van der Waals surface area contributed by atoms with Crippen molar-refractivity contribution in [3.63, 3.8) is 0 Å². The first-order valence-electron chi connectivity index (χ1n) is 7.99. The van der Waals surface area contributed by atoms with Crippen molar-refractivity contribution in [3.8, 4) is 0 Å². The van der Waals surface area contributed by atoms with E-state index in [2.05, 4.69) is 48.3 Å². The first-order valence-corrected chi connectivity index (χ1v) is 7.99. The lowest BCUT2D eigenvalue weighted by Gasteiger charge is -2.34. The highest BCUT2D eigenvalue weighted by Gasteiger charge is 2.26. The molecule has 1 aliphatic rings. The highest BCUT2D eigenvalue weighted by atomic mass is 15.1. The number of hydrogen-bond acceptors (Lipinski definition) is 4. The van der Waals surface area contributed by atoms with Gasteiger partial charge in [-0.3, -0.25) is 0 Å². The fraction of sp³-hybridized carbons (Fsp3) is 0.750. The van der Waals surface area contributed by atoms with Gasteiger partial charge < -0.3 is 10.6 Å². The molecule has 20 heavy (non-hydrogen) atoms. The van der Waals surface area contributed by atoms with Crippen LogP contribution in [0.4, 0.5) is 11.6 Å². The van der Waals surface area contributed by atoms with E-state index in [9.17, 15) is 0 Å². The van der Waals surface area contributed by atoms with E-state index in [1.54, 1.807) is 6.33 Å². The van der Waals surface area contributed by atoms with E-state index >= 15 is 0 Å². The van der Waals surface area contributed by atoms with Crippen molar-refractivity contribution in [1.29, 1.82) is 0 Å². The largest absolute Gasteiger partial charge is 0.370 e. The maximum absolute atomic E-state index is 4.48. The maximum atomic E-state index is 4.48. The summed E-state index contributed by atoms with van der Waals surface area (Å²) in [6, 6.07) is 0.542. The topological polar surface area (TPSA) is 49.8 Å². The van der Waals surface area contributed by atoms with Crippen molar-refractivity contribution in [2.24, 2.45) is 11.8 Å². The molecule has 1 aliphatic carbocycles. The zero-order valence-electron chi connectivity index (χ0n) is 13.2. The third kappa shape index (κ3) is 3.41. The lowest BCUT2D eigenvalue weighted by molar-refractivity contribution is 0.276. The van der Waals surface area contributed by atoms with Gasteiger partial charge in [0, 0.05) is 18.2 Å². The van der Waals surface area contributed by atoms with Crippen LogP contribution in [0.15, 0.2) is 6.33 Å². The molecule has 2 rings (SSSR count). The third-order valence-corrected chi connectivity index (χ3v) is 4.40. The molecule has 1 aromatic heterocycles. The van der Waals surface area contributed by atoms with E-state index in [0.717, 1.165) is 30.5 Å². The molecule has 0 spiro atoms. The van der Waals surface area contributed by atoms with Crippen molar-refractivity contribution >= 4 is 11.6 Å². The Kier molecular flexibility index (Phi) is 5.21. The molecule has 1 heterocycles. The van der Waals surface area contributed by atoms with E-state index in [1.807, 2.05) is 0 Å². The van der Waals surface area contributed by atoms with Gasteiger partial charge >= 0.3 is 0 Å². The van der Waals surface area contributed by atoms with Gasteiger partial charge in [-0.2, -0.15) is 0 Å². The van der Waals surface area contributed by atoms with Gasteiger partial charge in [-0.25, -0.2) is 9.97 Å². The fourth-order valence-corrected chi connectivity index (χ4v) is 3.25. The Morgan fingerprint density at radius 3 is 2.55 bits per heavy atom. The summed E-state index contributed by atoms with van der Waals surface area (Å²) in [6.07, 6.45) is 6.48. The molecule has 0 saturated heterocycles. The Morgan fingerprint density at radius 2 is 1.90 bits per heavy atom. The summed E-state index contributed by atoms with van der Waals surface area (Å²) in [5, 5.41) is 7.01. The summed E-state index contributed by atoms with van der Waals surface area (Å²) in [4.78, 5) is 8.84. The number of nitrogens with zero attached hydrogens (tertiary/aromatic N) is 2. The lowest BCUT2D eigenvalue weighted by atomic mass is 9.80. The van der Waals surface area contributed by atoms with Crippen molar-refractivity contribution in [3.05, 3.63) is 11.9 Å². The molecule has 1 aromatic rings. The number of aromatic nitrogens is 2. The third-order valence-electron chi connectivity index (χ3n) is 4.40. The summed E-state index contributed by atoms with van der Waals surface area (Å²) < 4.78 is 0. The predicted octanol–water partition coefficient (Wildman–Crippen LogP) is 3.71. The molecular formula is C16H28N4. The Labute approximate surface area is 122 Å². The van der Waals surface area contributed by atoms with E-state index in [0.29, 0.717) is 12.0 Å². The maximum Gasteiger partial charge on any atom is 0.134 e. The van der Waals surface area contributed by atoms with Gasteiger partial charge in [0.2, 0.25) is 0 Å². The molecule has 4 nitrogen and oxygen atoms in total. The first-order chi connectivity index (χ1) is 9.65. The minimum Gasteiger partial charge on any atom is -0.370 e. The Hall–Kier alpha value is -1.32. The molecule has 3 unspecified atom stereocenters. The summed E-state index contributed by atoms with van der Waals surface area (Å²) >= 11 is 0. The van der Waals surface area contributed by atoms with Gasteiger partial charge in [0.1, 0.15) is 18.0 Å². The summed E-state index contributed by atoms with van der Waals surface area (Å²) in [6.45, 7) is 9.86. The minimum atomic E-state index is 0.542. The normalized spacial score (nSPS) is 26.3. The summed E-state index contributed by atoms with van der Waals surface area (Å²) in [5.74, 6) is 3.56. The number of hydrogen-bond donors (Lipinski definition) is 2. The van der Waals surface area contributed by atoms with Crippen molar-refractivity contribution in [1.82, 2.24) is 9.97 Å². The van der Waals surface area contributed by atoms with Crippen LogP contribution in [0.2, 0.25) is 0 Å². The van der Waals surface area contributed by atoms with E-state index in [4.69, 9.17) is 0 Å². The second-order valence-electron chi connectivity index (χ2n) is 6.08. The Bertz CT molecular complexity index is 432. The number of anilines is 2. The van der Waals surface area contributed by atoms with Crippen molar-refractivity contribution < 1.29 is 0 Å². The Balaban J connectivity index is 2.14. The standard InChI is InChI=1S/C16H28N4/c1-5-13-15(17-6-2)18-10-19-16(13)20-14-8-7-11(3)9-12(14)4/h10-12,14H,5-9H2,1-4H3,(H2,17,18,19,20). The van der Waals surface area contributed by atoms with E-state index in [-0.39, 0.29) is 0 Å². The average Bonchev–Trinajstić information content (AvgIpc) is 2.42. The molecule has 0 bridgehead atoms. The molecule has 112 valence electrons. The van der Waals surface area contributed by atoms with Crippen LogP contribution >= 0.6 is 0 Å². The molecule has 3 atom stereocenters. The van der Waals surface area contributed by atoms with Crippen molar-refractivity contribution in [2.75, 3.05) is 17.2 Å². The second kappa shape index (κ2) is 6.91. The lowest BCUT2D eigenvalue weighted by Crippen LogP contribution is -2.33. The highest BCUT2D eigenvalue weighted by molar-refractivity contribution is 5.57. The zero-order chi connectivity index (χ0) is 14.5. The quantitative estimate of drug-likeness (QED) is 0.861. The smallest absolute Gasteiger partial charge is 0.134 e. The van der Waals surface area contributed by atoms with Crippen LogP contribution in [0.5, 0.6) is 0 Å². The average molecular weight is 276 g/mol. The number of nitrogens with one attached hydrogen (secondary N) is 2. The molecule has 0 aliphatic heterocycles. The molecule has 0 radical (unpaired) electrons. The molecule has 0 amide bonds. The van der Waals surface area contributed by atoms with Gasteiger partial charge in [-0.1, -0.05) is 20.8 Å². The van der Waals surface area contributed by atoms with Gasteiger partial charge in [0.25, 0.3) is 0 Å². The predicted molar refractivity (Wildman–Crippen MR) is 85.2 cm³/mol. The van der Waals surface area contributed by atoms with Crippen LogP contribution in [-0.2, 0) is 6.42 Å². The van der Waals surface area contributed by atoms with Crippen LogP contribution in [-0.4, -0.2) is 22.6 Å². The van der Waals surface area contributed by atoms with Crippen molar-refractivity contribution in [2.45, 2.75) is 59.4 Å². The van der Waals surface area contributed by atoms with Crippen LogP contribution in [0.25, 0.3) is 0 Å². The summed E-state index contributed by atoms with van der Waals surface area (Å²) in [5.41, 5.74) is 1.21. The molecular weight excluding hydrogens is 248 g/mol. The highest BCUT2D eigenvalue weighted by Crippen LogP contribution is 2.31. The molecule has 0 aromatic carbocycles. The SMILES string of the molecule is CCNc1ncnc(NC2CCC(C)CC2C)c1CC. The minimum absolute atomic E-state index is 0.542. The zero-order valence-corrected chi connectivity index (χ0v) is 13.2. The van der Waals surface area contributed by atoms with Gasteiger partial charge in [-0.05, 0) is 44.4 Å². The van der Waals surface area contributed by atoms with Crippen LogP contribution in [0.1, 0.15) is 52.5 Å². The molecule has 2 N–H and O–H groups in total. The molecule has 4 heteroatoms. The molecule has 1 saturated carbocycles. The van der Waals surface area contributed by atoms with E-state index in [1.165, 1.54) is 24.8 Å². The molecule has 1 fully saturated rings. The van der Waals surface area contributed by atoms with Gasteiger partial charge in [-0.15, -0.1) is 0 Å². The van der Waals surface area contributed by atoms with Gasteiger partial charge in [0.05, 0.1) is 0 Å². The van der Waals surface area contributed by atoms with E-state index < -0.39 is 0 Å². The number of rotatable bonds is 5.